The van der Waals surface area contributed by atoms with E-state index in [0.29, 0.717) is 12.5 Å². The van der Waals surface area contributed by atoms with Crippen molar-refractivity contribution in [3.63, 3.8) is 0 Å². The van der Waals surface area contributed by atoms with Gasteiger partial charge in [-0.2, -0.15) is 0 Å². The number of carboxylic acid groups (broad SMARTS) is 1. The van der Waals surface area contributed by atoms with Gasteiger partial charge in [-0.3, -0.25) is 9.59 Å². The summed E-state index contributed by atoms with van der Waals surface area (Å²) in [6, 6.07) is 10.2. The van der Waals surface area contributed by atoms with Gasteiger partial charge in [0.1, 0.15) is 0 Å². The summed E-state index contributed by atoms with van der Waals surface area (Å²) in [6.45, 7) is 6.34. The van der Waals surface area contributed by atoms with Gasteiger partial charge >= 0.3 is 5.97 Å². The normalized spacial score (nSPS) is 12.7. The average molecular weight is 291 g/mol. The first-order valence-corrected chi connectivity index (χ1v) is 7.33. The molecule has 1 amide bonds. The molecule has 0 aliphatic rings. The second-order valence-electron chi connectivity index (χ2n) is 6.36. The highest BCUT2D eigenvalue weighted by Crippen LogP contribution is 2.24. The van der Waals surface area contributed by atoms with Gasteiger partial charge in [-0.1, -0.05) is 51.1 Å². The molecule has 1 atom stereocenters. The third kappa shape index (κ3) is 6.93. The molecule has 4 heteroatoms. The van der Waals surface area contributed by atoms with E-state index in [1.807, 2.05) is 18.2 Å². The molecule has 1 aromatic rings. The fraction of sp³-hybridized carbons (Fsp3) is 0.529. The zero-order chi connectivity index (χ0) is 15.9. The molecule has 0 saturated carbocycles. The zero-order valence-corrected chi connectivity index (χ0v) is 13.1. The number of carbonyl (C=O) groups is 2. The lowest BCUT2D eigenvalue weighted by Gasteiger charge is -2.21. The third-order valence-electron chi connectivity index (χ3n) is 3.54. The van der Waals surface area contributed by atoms with Crippen LogP contribution in [0, 0.1) is 5.41 Å². The van der Waals surface area contributed by atoms with E-state index in [1.54, 1.807) is 13.8 Å². The lowest BCUT2D eigenvalue weighted by Crippen LogP contribution is -2.31. The molecule has 0 spiro atoms. The first kappa shape index (κ1) is 17.2. The highest BCUT2D eigenvalue weighted by atomic mass is 16.4. The van der Waals surface area contributed by atoms with Crippen LogP contribution in [0.5, 0.6) is 0 Å². The van der Waals surface area contributed by atoms with Crippen LogP contribution in [0.2, 0.25) is 0 Å². The maximum absolute atomic E-state index is 11.9. The Morgan fingerprint density at radius 3 is 2.38 bits per heavy atom. The van der Waals surface area contributed by atoms with Gasteiger partial charge in [0.2, 0.25) is 5.91 Å². The van der Waals surface area contributed by atoms with Crippen LogP contribution in [0.15, 0.2) is 30.3 Å². The molecule has 0 aromatic heterocycles. The maximum Gasteiger partial charge on any atom is 0.303 e. The van der Waals surface area contributed by atoms with E-state index in [-0.39, 0.29) is 18.7 Å². The Kier molecular flexibility index (Phi) is 6.40. The van der Waals surface area contributed by atoms with Crippen molar-refractivity contribution in [3.8, 4) is 0 Å². The van der Waals surface area contributed by atoms with Crippen LogP contribution < -0.4 is 5.32 Å². The van der Waals surface area contributed by atoms with Crippen LogP contribution >= 0.6 is 0 Å². The minimum Gasteiger partial charge on any atom is -0.481 e. The maximum atomic E-state index is 11.9. The van der Waals surface area contributed by atoms with E-state index >= 15 is 0 Å². The van der Waals surface area contributed by atoms with Gasteiger partial charge in [0, 0.05) is 13.0 Å². The first-order valence-electron chi connectivity index (χ1n) is 7.33. The summed E-state index contributed by atoms with van der Waals surface area (Å²) in [5.74, 6) is -0.564. The molecule has 2 N–H and O–H groups in total. The SMILES string of the molecule is CC(CCNC(=O)CC(C)(C)CC(=O)O)c1ccccc1. The van der Waals surface area contributed by atoms with Crippen molar-refractivity contribution in [2.24, 2.45) is 5.41 Å². The summed E-state index contributed by atoms with van der Waals surface area (Å²) >= 11 is 0. The lowest BCUT2D eigenvalue weighted by atomic mass is 9.85. The summed E-state index contributed by atoms with van der Waals surface area (Å²) in [6.07, 6.45) is 1.11. The van der Waals surface area contributed by atoms with E-state index in [9.17, 15) is 9.59 Å². The van der Waals surface area contributed by atoms with Crippen molar-refractivity contribution in [2.45, 2.75) is 46.0 Å². The molecular formula is C17H25NO3. The molecule has 0 aliphatic heterocycles. The molecule has 21 heavy (non-hydrogen) atoms. The number of aliphatic carboxylic acids is 1. The summed E-state index contributed by atoms with van der Waals surface area (Å²) < 4.78 is 0. The van der Waals surface area contributed by atoms with Gasteiger partial charge in [-0.15, -0.1) is 0 Å². The number of hydrogen-bond acceptors (Lipinski definition) is 2. The van der Waals surface area contributed by atoms with Crippen LogP contribution in [0.3, 0.4) is 0 Å². The van der Waals surface area contributed by atoms with Gasteiger partial charge in [0.15, 0.2) is 0 Å². The van der Waals surface area contributed by atoms with Crippen molar-refractivity contribution < 1.29 is 14.7 Å². The standard InChI is InChI=1S/C17H25NO3/c1-13(14-7-5-4-6-8-14)9-10-18-15(19)11-17(2,3)12-16(20)21/h4-8,13H,9-12H2,1-3H3,(H,18,19)(H,20,21). The van der Waals surface area contributed by atoms with Gasteiger partial charge < -0.3 is 10.4 Å². The minimum absolute atomic E-state index is 0.000831. The average Bonchev–Trinajstić information content (AvgIpc) is 2.37. The molecule has 0 bridgehead atoms. The van der Waals surface area contributed by atoms with Crippen molar-refractivity contribution in [3.05, 3.63) is 35.9 Å². The Morgan fingerprint density at radius 2 is 1.81 bits per heavy atom. The second kappa shape index (κ2) is 7.81. The smallest absolute Gasteiger partial charge is 0.303 e. The van der Waals surface area contributed by atoms with Gasteiger partial charge in [0.25, 0.3) is 0 Å². The minimum atomic E-state index is -0.870. The molecule has 4 nitrogen and oxygen atoms in total. The number of amides is 1. The van der Waals surface area contributed by atoms with Crippen LogP contribution in [0.1, 0.15) is 51.5 Å². The van der Waals surface area contributed by atoms with Crippen molar-refractivity contribution >= 4 is 11.9 Å². The zero-order valence-electron chi connectivity index (χ0n) is 13.1. The number of nitrogens with one attached hydrogen (secondary N) is 1. The van der Waals surface area contributed by atoms with Crippen LogP contribution in [0.4, 0.5) is 0 Å². The van der Waals surface area contributed by atoms with Crippen molar-refractivity contribution in [2.75, 3.05) is 6.54 Å². The highest BCUT2D eigenvalue weighted by Gasteiger charge is 2.25. The van der Waals surface area contributed by atoms with Gasteiger partial charge in [0.05, 0.1) is 6.42 Å². The Hall–Kier alpha value is -1.84. The van der Waals surface area contributed by atoms with Crippen molar-refractivity contribution in [1.29, 1.82) is 0 Å². The Bertz CT molecular complexity index is 468. The lowest BCUT2D eigenvalue weighted by molar-refractivity contribution is -0.139. The molecule has 0 saturated heterocycles. The fourth-order valence-corrected chi connectivity index (χ4v) is 2.35. The number of carboxylic acids is 1. The van der Waals surface area contributed by atoms with Crippen LogP contribution in [-0.4, -0.2) is 23.5 Å². The second-order valence-corrected chi connectivity index (χ2v) is 6.36. The first-order chi connectivity index (χ1) is 9.80. The summed E-state index contributed by atoms with van der Waals surface area (Å²) in [5.41, 5.74) is 0.749. The quantitative estimate of drug-likeness (QED) is 0.773. The van der Waals surface area contributed by atoms with E-state index in [2.05, 4.69) is 24.4 Å². The molecule has 0 radical (unpaired) electrons. The third-order valence-corrected chi connectivity index (χ3v) is 3.54. The number of hydrogen-bond donors (Lipinski definition) is 2. The monoisotopic (exact) mass is 291 g/mol. The predicted molar refractivity (Wildman–Crippen MR) is 83.1 cm³/mol. The Balaban J connectivity index is 2.32. The number of benzene rings is 1. The topological polar surface area (TPSA) is 66.4 Å². The van der Waals surface area contributed by atoms with Gasteiger partial charge in [-0.05, 0) is 23.3 Å². The molecule has 116 valence electrons. The number of carbonyl (C=O) groups excluding carboxylic acids is 1. The fourth-order valence-electron chi connectivity index (χ4n) is 2.35. The Morgan fingerprint density at radius 1 is 1.19 bits per heavy atom. The molecule has 0 fully saturated rings. The van der Waals surface area contributed by atoms with E-state index < -0.39 is 11.4 Å². The van der Waals surface area contributed by atoms with Gasteiger partial charge in [-0.25, -0.2) is 0 Å². The Labute approximate surface area is 126 Å². The summed E-state index contributed by atoms with van der Waals surface area (Å²) in [5, 5.41) is 11.7. The molecule has 1 unspecified atom stereocenters. The molecule has 0 aliphatic carbocycles. The van der Waals surface area contributed by atoms with E-state index in [4.69, 9.17) is 5.11 Å². The molecule has 0 heterocycles. The molecular weight excluding hydrogens is 266 g/mol. The largest absolute Gasteiger partial charge is 0.481 e. The van der Waals surface area contributed by atoms with E-state index in [1.165, 1.54) is 5.56 Å². The van der Waals surface area contributed by atoms with Crippen LogP contribution in [-0.2, 0) is 9.59 Å². The summed E-state index contributed by atoms with van der Waals surface area (Å²) in [7, 11) is 0. The number of rotatable bonds is 8. The summed E-state index contributed by atoms with van der Waals surface area (Å²) in [4.78, 5) is 22.6. The van der Waals surface area contributed by atoms with Crippen molar-refractivity contribution in [1.82, 2.24) is 5.32 Å². The molecule has 1 rings (SSSR count). The van der Waals surface area contributed by atoms with E-state index in [0.717, 1.165) is 6.42 Å². The van der Waals surface area contributed by atoms with Crippen LogP contribution in [0.25, 0.3) is 0 Å². The highest BCUT2D eigenvalue weighted by molar-refractivity contribution is 5.77. The molecule has 1 aromatic carbocycles. The predicted octanol–water partition coefficient (Wildman–Crippen LogP) is 3.19.